The van der Waals surface area contributed by atoms with Gasteiger partial charge < -0.3 is 15.0 Å². The number of alkyl halides is 4. The summed E-state index contributed by atoms with van der Waals surface area (Å²) in [7, 11) is 1.41. The van der Waals surface area contributed by atoms with Gasteiger partial charge in [0.05, 0.1) is 24.8 Å². The van der Waals surface area contributed by atoms with Crippen molar-refractivity contribution in [1.29, 1.82) is 0 Å². The Labute approximate surface area is 262 Å². The van der Waals surface area contributed by atoms with Crippen LogP contribution in [0.2, 0.25) is 0 Å². The molecular formula is C32H36F6N6O2. The lowest BCUT2D eigenvalue weighted by atomic mass is 9.83. The molecule has 248 valence electrons. The Morgan fingerprint density at radius 3 is 2.39 bits per heavy atom. The standard InChI is InChI=1S/C32H36F6N6O2/c1-30(29(39)45,26-18-44-25(3-4-27(44)41-26)19-12-22(33)14-23(34)13-19)43-10-7-32(37,38)24(17-43)20-11-21(28(46-2)40-15-20)16-42-8-5-31(35,36)6-9-42/h11-15,18,24-25H,3-10,16-17H2,1-2H3,(H2,39,45)/t24?,25-,30?/m1/s1. The Hall–Kier alpha value is -3.65. The summed E-state index contributed by atoms with van der Waals surface area (Å²) in [5.41, 5.74) is 5.79. The summed E-state index contributed by atoms with van der Waals surface area (Å²) < 4.78 is 93.9. The summed E-state index contributed by atoms with van der Waals surface area (Å²) in [4.78, 5) is 25.5. The Morgan fingerprint density at radius 1 is 1.04 bits per heavy atom. The van der Waals surface area contributed by atoms with Crippen LogP contribution in [0.3, 0.4) is 0 Å². The van der Waals surface area contributed by atoms with Gasteiger partial charge in [0.2, 0.25) is 11.8 Å². The van der Waals surface area contributed by atoms with E-state index in [1.165, 1.54) is 25.4 Å². The second kappa shape index (κ2) is 11.9. The summed E-state index contributed by atoms with van der Waals surface area (Å²) in [5, 5.41) is 0. The maximum absolute atomic E-state index is 15.6. The highest BCUT2D eigenvalue weighted by Gasteiger charge is 2.52. The first-order chi connectivity index (χ1) is 21.7. The van der Waals surface area contributed by atoms with Crippen LogP contribution in [0.4, 0.5) is 26.3 Å². The summed E-state index contributed by atoms with van der Waals surface area (Å²) in [6, 6.07) is 4.46. The monoisotopic (exact) mass is 650 g/mol. The van der Waals surface area contributed by atoms with Crippen LogP contribution in [0.15, 0.2) is 36.7 Å². The van der Waals surface area contributed by atoms with E-state index in [9.17, 15) is 22.4 Å². The molecule has 6 rings (SSSR count). The third-order valence-electron chi connectivity index (χ3n) is 9.82. The molecule has 2 fully saturated rings. The number of likely N-dealkylation sites (tertiary alicyclic amines) is 2. The molecule has 1 amide bonds. The Kier molecular flexibility index (Phi) is 8.33. The first-order valence-electron chi connectivity index (χ1n) is 15.3. The summed E-state index contributed by atoms with van der Waals surface area (Å²) in [5.74, 6) is -8.64. The number of imidazole rings is 1. The van der Waals surface area contributed by atoms with E-state index in [2.05, 4.69) is 9.97 Å². The minimum absolute atomic E-state index is 0.147. The topological polar surface area (TPSA) is 89.5 Å². The Bertz CT molecular complexity index is 1600. The molecule has 3 aromatic rings. The molecule has 0 bridgehead atoms. The van der Waals surface area contributed by atoms with E-state index in [4.69, 9.17) is 10.5 Å². The lowest BCUT2D eigenvalue weighted by Crippen LogP contribution is -2.59. The zero-order chi connectivity index (χ0) is 33.0. The number of methoxy groups -OCH3 is 1. The Morgan fingerprint density at radius 2 is 1.74 bits per heavy atom. The SMILES string of the molecule is COc1ncc(C2CN(C(C)(C(N)=O)c3cn4c(n3)CC[C@@H]4c3cc(F)cc(F)c3)CCC2(F)F)cc1CN1CCC(F)(F)CC1. The number of pyridine rings is 1. The van der Waals surface area contributed by atoms with Gasteiger partial charge in [-0.2, -0.15) is 0 Å². The number of hydrogen-bond donors (Lipinski definition) is 1. The number of hydrogen-bond acceptors (Lipinski definition) is 6. The van der Waals surface area contributed by atoms with Gasteiger partial charge >= 0.3 is 0 Å². The average molecular weight is 651 g/mol. The number of benzene rings is 1. The van der Waals surface area contributed by atoms with Crippen LogP contribution in [-0.4, -0.2) is 75.4 Å². The number of piperidine rings is 2. The highest BCUT2D eigenvalue weighted by molar-refractivity contribution is 5.85. The highest BCUT2D eigenvalue weighted by Crippen LogP contribution is 2.45. The number of amides is 1. The molecule has 2 N–H and O–H groups in total. The van der Waals surface area contributed by atoms with Gasteiger partial charge in [0.1, 0.15) is 23.0 Å². The average Bonchev–Trinajstić information content (AvgIpc) is 3.59. The second-order valence-electron chi connectivity index (χ2n) is 12.7. The van der Waals surface area contributed by atoms with Crippen molar-refractivity contribution in [2.24, 2.45) is 5.73 Å². The van der Waals surface area contributed by atoms with Crippen molar-refractivity contribution in [3.63, 3.8) is 0 Å². The molecule has 3 aliphatic heterocycles. The molecule has 0 aliphatic carbocycles. The number of primary amides is 1. The zero-order valence-corrected chi connectivity index (χ0v) is 25.6. The van der Waals surface area contributed by atoms with Crippen LogP contribution in [0.1, 0.15) is 72.8 Å². The molecule has 2 unspecified atom stereocenters. The van der Waals surface area contributed by atoms with Gasteiger partial charge in [-0.3, -0.25) is 14.6 Å². The number of aromatic nitrogens is 3. The normalized spacial score (nSPS) is 24.3. The molecule has 3 atom stereocenters. The van der Waals surface area contributed by atoms with Crippen molar-refractivity contribution in [2.45, 2.75) is 74.9 Å². The van der Waals surface area contributed by atoms with Crippen LogP contribution in [0.25, 0.3) is 0 Å². The van der Waals surface area contributed by atoms with E-state index < -0.39 is 53.3 Å². The molecule has 2 aromatic heterocycles. The Balaban J connectivity index is 1.29. The van der Waals surface area contributed by atoms with Crippen molar-refractivity contribution >= 4 is 5.91 Å². The summed E-state index contributed by atoms with van der Waals surface area (Å²) in [6.07, 6.45) is 2.82. The van der Waals surface area contributed by atoms with E-state index in [0.29, 0.717) is 29.8 Å². The number of nitrogens with zero attached hydrogens (tertiary/aromatic N) is 5. The number of halogens is 6. The van der Waals surface area contributed by atoms with Crippen LogP contribution in [0.5, 0.6) is 5.88 Å². The smallest absolute Gasteiger partial charge is 0.257 e. The van der Waals surface area contributed by atoms with Crippen molar-refractivity contribution < 1.29 is 35.9 Å². The molecular weight excluding hydrogens is 614 g/mol. The maximum atomic E-state index is 15.6. The summed E-state index contributed by atoms with van der Waals surface area (Å²) >= 11 is 0. The van der Waals surface area contributed by atoms with Gasteiger partial charge in [0, 0.05) is 82.4 Å². The minimum Gasteiger partial charge on any atom is -0.481 e. The fraction of sp³-hybridized carbons (Fsp3) is 0.531. The van der Waals surface area contributed by atoms with Crippen molar-refractivity contribution in [2.75, 3.05) is 33.3 Å². The third kappa shape index (κ3) is 5.96. The molecule has 2 saturated heterocycles. The molecule has 3 aliphatic rings. The number of nitrogens with two attached hydrogens (primary N) is 1. The van der Waals surface area contributed by atoms with E-state index in [1.807, 2.05) is 4.90 Å². The number of rotatable bonds is 8. The molecule has 0 radical (unpaired) electrons. The van der Waals surface area contributed by atoms with Crippen molar-refractivity contribution in [3.8, 4) is 5.88 Å². The van der Waals surface area contributed by atoms with E-state index in [0.717, 1.165) is 6.07 Å². The van der Waals surface area contributed by atoms with E-state index in [1.54, 1.807) is 28.7 Å². The van der Waals surface area contributed by atoms with Gasteiger partial charge in [0.15, 0.2) is 0 Å². The molecule has 46 heavy (non-hydrogen) atoms. The number of aryl methyl sites for hydroxylation is 1. The molecule has 5 heterocycles. The largest absolute Gasteiger partial charge is 0.481 e. The maximum Gasteiger partial charge on any atom is 0.257 e. The predicted octanol–water partition coefficient (Wildman–Crippen LogP) is 5.16. The van der Waals surface area contributed by atoms with Crippen LogP contribution in [-0.2, 0) is 23.3 Å². The van der Waals surface area contributed by atoms with Crippen molar-refractivity contribution in [1.82, 2.24) is 24.3 Å². The van der Waals surface area contributed by atoms with Gasteiger partial charge in [0.25, 0.3) is 11.8 Å². The zero-order valence-electron chi connectivity index (χ0n) is 25.6. The van der Waals surface area contributed by atoms with Gasteiger partial charge in [-0.05, 0) is 42.7 Å². The van der Waals surface area contributed by atoms with Gasteiger partial charge in [-0.1, -0.05) is 0 Å². The number of carbonyl (C=O) groups excluding carboxylic acids is 1. The first kappa shape index (κ1) is 32.3. The molecule has 14 heteroatoms. The van der Waals surface area contributed by atoms with Crippen LogP contribution >= 0.6 is 0 Å². The fourth-order valence-electron chi connectivity index (χ4n) is 7.01. The number of ether oxygens (including phenoxy) is 1. The van der Waals surface area contributed by atoms with Crippen LogP contribution in [0, 0.1) is 11.6 Å². The number of fused-ring (bicyclic) bond motifs is 1. The highest BCUT2D eigenvalue weighted by atomic mass is 19.3. The molecule has 1 aromatic carbocycles. The van der Waals surface area contributed by atoms with E-state index >= 15 is 8.78 Å². The first-order valence-corrected chi connectivity index (χ1v) is 15.3. The van der Waals surface area contributed by atoms with Gasteiger partial charge in [-0.15, -0.1) is 0 Å². The lowest BCUT2D eigenvalue weighted by molar-refractivity contribution is -0.139. The lowest BCUT2D eigenvalue weighted by Gasteiger charge is -2.45. The van der Waals surface area contributed by atoms with Gasteiger partial charge in [-0.25, -0.2) is 36.3 Å². The second-order valence-corrected chi connectivity index (χ2v) is 12.7. The third-order valence-corrected chi connectivity index (χ3v) is 9.82. The predicted molar refractivity (Wildman–Crippen MR) is 156 cm³/mol. The summed E-state index contributed by atoms with van der Waals surface area (Å²) in [6.45, 7) is 1.65. The van der Waals surface area contributed by atoms with Crippen molar-refractivity contribution in [3.05, 3.63) is 76.5 Å². The van der Waals surface area contributed by atoms with Crippen LogP contribution < -0.4 is 10.5 Å². The minimum atomic E-state index is -3.15. The quantitative estimate of drug-likeness (QED) is 0.339. The number of carbonyl (C=O) groups is 1. The molecule has 0 spiro atoms. The molecule has 0 saturated carbocycles. The molecule has 8 nitrogen and oxygen atoms in total. The fourth-order valence-corrected chi connectivity index (χ4v) is 7.01. The van der Waals surface area contributed by atoms with E-state index in [-0.39, 0.29) is 62.7 Å².